The summed E-state index contributed by atoms with van der Waals surface area (Å²) in [5.41, 5.74) is 3.15. The molecule has 0 aliphatic heterocycles. The largest absolute Gasteiger partial charge is 0.492 e. The lowest BCUT2D eigenvalue weighted by molar-refractivity contribution is -0.0982. The van der Waals surface area contributed by atoms with Crippen molar-refractivity contribution in [2.45, 2.75) is 38.9 Å². The third-order valence-corrected chi connectivity index (χ3v) is 5.71. The number of hydrogen-bond acceptors (Lipinski definition) is 3. The van der Waals surface area contributed by atoms with Crippen LogP contribution in [0.3, 0.4) is 0 Å². The van der Waals surface area contributed by atoms with Crippen LogP contribution in [-0.4, -0.2) is 28.5 Å². The molecule has 3 aromatic rings. The van der Waals surface area contributed by atoms with Gasteiger partial charge in [-0.05, 0) is 66.2 Å². The number of aliphatic hydroxyl groups is 1. The molecule has 0 heterocycles. The van der Waals surface area contributed by atoms with Gasteiger partial charge < -0.3 is 14.8 Å². The normalized spacial score (nSPS) is 13.2. The lowest BCUT2D eigenvalue weighted by atomic mass is 9.72. The maximum Gasteiger partial charge on any atom is 0.492 e. The minimum absolute atomic E-state index is 0.725. The van der Waals surface area contributed by atoms with Crippen molar-refractivity contribution >= 4 is 23.4 Å². The molecule has 0 atom stereocenters. The third kappa shape index (κ3) is 2.49. The van der Waals surface area contributed by atoms with Gasteiger partial charge in [-0.1, -0.05) is 54.6 Å². The van der Waals surface area contributed by atoms with Crippen LogP contribution in [0.4, 0.5) is 0 Å². The Morgan fingerprint density at radius 3 is 2.04 bits per heavy atom. The van der Waals surface area contributed by atoms with Gasteiger partial charge in [0.25, 0.3) is 0 Å². The topological polar surface area (TPSA) is 49.7 Å². The average molecular weight is 346 g/mol. The molecule has 0 spiro atoms. The van der Waals surface area contributed by atoms with E-state index in [1.807, 2.05) is 18.2 Å². The Balaban J connectivity index is 1.85. The molecule has 0 radical (unpaired) electrons. The van der Waals surface area contributed by atoms with Gasteiger partial charge in [-0.15, -0.1) is 0 Å². The fourth-order valence-electron chi connectivity index (χ4n) is 3.56. The molecule has 4 rings (SSSR count). The lowest BCUT2D eigenvalue weighted by Crippen LogP contribution is -2.53. The number of rotatable bonds is 4. The lowest BCUT2D eigenvalue weighted by Gasteiger charge is -2.38. The minimum atomic E-state index is -1.13. The predicted molar refractivity (Wildman–Crippen MR) is 107 cm³/mol. The van der Waals surface area contributed by atoms with Gasteiger partial charge in [0.05, 0.1) is 11.2 Å². The molecule has 0 unspecified atom stereocenters. The van der Waals surface area contributed by atoms with E-state index in [1.165, 1.54) is 16.3 Å². The Labute approximate surface area is 154 Å². The SMILES string of the molecule is CC(C)(O)C(C)(C)OB(O)c1cccc2c1-c1cccc3cccc-2c13. The summed E-state index contributed by atoms with van der Waals surface area (Å²) >= 11 is 0. The van der Waals surface area contributed by atoms with Gasteiger partial charge in [0, 0.05) is 0 Å². The molecule has 0 bridgehead atoms. The highest BCUT2D eigenvalue weighted by molar-refractivity contribution is 6.62. The second-order valence-corrected chi connectivity index (χ2v) is 8.02. The van der Waals surface area contributed by atoms with Gasteiger partial charge in [0.2, 0.25) is 0 Å². The van der Waals surface area contributed by atoms with Crippen LogP contribution in [0.2, 0.25) is 0 Å². The zero-order valence-electron chi connectivity index (χ0n) is 15.6. The summed E-state index contributed by atoms with van der Waals surface area (Å²) < 4.78 is 5.91. The smallest absolute Gasteiger partial charge is 0.423 e. The average Bonchev–Trinajstić information content (AvgIpc) is 2.90. The van der Waals surface area contributed by atoms with Gasteiger partial charge in [0.15, 0.2) is 0 Å². The molecule has 1 aliphatic rings. The standard InChI is InChI=1S/C22H23BO3/c1-21(2,24)22(3,4)26-23(25)18-13-7-11-16-15-10-5-8-14-9-6-12-17(19(14)15)20(16)18/h5-13,24-25H,1-4H3. The first-order valence-corrected chi connectivity index (χ1v) is 8.94. The Kier molecular flexibility index (Phi) is 3.78. The van der Waals surface area contributed by atoms with Gasteiger partial charge >= 0.3 is 7.12 Å². The molecule has 3 aromatic carbocycles. The first kappa shape index (κ1) is 17.3. The molecular weight excluding hydrogens is 323 g/mol. The van der Waals surface area contributed by atoms with E-state index in [2.05, 4.69) is 36.4 Å². The molecule has 0 saturated heterocycles. The maximum atomic E-state index is 10.9. The highest BCUT2D eigenvalue weighted by Gasteiger charge is 2.40. The van der Waals surface area contributed by atoms with Crippen LogP contribution in [0, 0.1) is 0 Å². The van der Waals surface area contributed by atoms with E-state index in [9.17, 15) is 10.1 Å². The monoisotopic (exact) mass is 346 g/mol. The van der Waals surface area contributed by atoms with Gasteiger partial charge in [0.1, 0.15) is 0 Å². The summed E-state index contributed by atoms with van der Waals surface area (Å²) in [6.07, 6.45) is 0. The van der Waals surface area contributed by atoms with E-state index in [1.54, 1.807) is 27.7 Å². The van der Waals surface area contributed by atoms with Crippen molar-refractivity contribution in [3.05, 3.63) is 54.6 Å². The van der Waals surface area contributed by atoms with Crippen molar-refractivity contribution in [3.63, 3.8) is 0 Å². The molecule has 4 heteroatoms. The summed E-state index contributed by atoms with van der Waals surface area (Å²) in [4.78, 5) is 0. The summed E-state index contributed by atoms with van der Waals surface area (Å²) in [6, 6.07) is 18.5. The molecule has 132 valence electrons. The molecule has 2 N–H and O–H groups in total. The van der Waals surface area contributed by atoms with E-state index < -0.39 is 18.3 Å². The van der Waals surface area contributed by atoms with Crippen LogP contribution in [0.25, 0.3) is 33.0 Å². The highest BCUT2D eigenvalue weighted by Crippen LogP contribution is 2.46. The Morgan fingerprint density at radius 2 is 1.38 bits per heavy atom. The van der Waals surface area contributed by atoms with Crippen LogP contribution in [0.1, 0.15) is 27.7 Å². The zero-order chi connectivity index (χ0) is 18.7. The van der Waals surface area contributed by atoms with E-state index in [0.29, 0.717) is 0 Å². The number of hydrogen-bond donors (Lipinski definition) is 2. The van der Waals surface area contributed by atoms with Crippen molar-refractivity contribution < 1.29 is 14.8 Å². The molecule has 3 nitrogen and oxygen atoms in total. The summed E-state index contributed by atoms with van der Waals surface area (Å²) in [7, 11) is -1.13. The first-order chi connectivity index (χ1) is 12.2. The van der Waals surface area contributed by atoms with Crippen molar-refractivity contribution in [2.24, 2.45) is 0 Å². The molecule has 0 amide bonds. The van der Waals surface area contributed by atoms with Crippen LogP contribution >= 0.6 is 0 Å². The third-order valence-electron chi connectivity index (χ3n) is 5.71. The van der Waals surface area contributed by atoms with Crippen LogP contribution in [-0.2, 0) is 4.65 Å². The van der Waals surface area contributed by atoms with Crippen LogP contribution in [0.15, 0.2) is 54.6 Å². The molecule has 26 heavy (non-hydrogen) atoms. The quantitative estimate of drug-likeness (QED) is 0.554. The van der Waals surface area contributed by atoms with Crippen LogP contribution in [0.5, 0.6) is 0 Å². The Bertz CT molecular complexity index is 997. The fraction of sp³-hybridized carbons (Fsp3) is 0.273. The number of fused-ring (bicyclic) bond motifs is 3. The summed E-state index contributed by atoms with van der Waals surface area (Å²) in [6.45, 7) is 6.95. The molecule has 0 aromatic heterocycles. The van der Waals surface area contributed by atoms with Crippen molar-refractivity contribution in [3.8, 4) is 22.3 Å². The number of benzene rings is 3. The fourth-order valence-corrected chi connectivity index (χ4v) is 3.56. The van der Waals surface area contributed by atoms with E-state index in [4.69, 9.17) is 4.65 Å². The first-order valence-electron chi connectivity index (χ1n) is 8.94. The van der Waals surface area contributed by atoms with Gasteiger partial charge in [-0.25, -0.2) is 0 Å². The second-order valence-electron chi connectivity index (χ2n) is 8.02. The Morgan fingerprint density at radius 1 is 0.808 bits per heavy atom. The molecule has 0 fully saturated rings. The van der Waals surface area contributed by atoms with Crippen molar-refractivity contribution in [2.75, 3.05) is 0 Å². The zero-order valence-corrected chi connectivity index (χ0v) is 15.6. The minimum Gasteiger partial charge on any atom is -0.423 e. The predicted octanol–water partition coefficient (Wildman–Crippen LogP) is 3.74. The van der Waals surface area contributed by atoms with Crippen molar-refractivity contribution in [1.29, 1.82) is 0 Å². The van der Waals surface area contributed by atoms with Crippen LogP contribution < -0.4 is 5.46 Å². The molecule has 0 saturated carbocycles. The van der Waals surface area contributed by atoms with Crippen molar-refractivity contribution in [1.82, 2.24) is 0 Å². The summed E-state index contributed by atoms with van der Waals surface area (Å²) in [5.74, 6) is 0. The van der Waals surface area contributed by atoms with Gasteiger partial charge in [-0.2, -0.15) is 0 Å². The van der Waals surface area contributed by atoms with Gasteiger partial charge in [-0.3, -0.25) is 0 Å². The van der Waals surface area contributed by atoms with E-state index >= 15 is 0 Å². The maximum absolute atomic E-state index is 10.9. The Hall–Kier alpha value is -2.14. The molecule has 1 aliphatic carbocycles. The summed E-state index contributed by atoms with van der Waals surface area (Å²) in [5, 5.41) is 23.7. The second kappa shape index (κ2) is 5.68. The molecular formula is C22H23BO3. The van der Waals surface area contributed by atoms with E-state index in [0.717, 1.165) is 22.2 Å². The van der Waals surface area contributed by atoms with E-state index in [-0.39, 0.29) is 0 Å². The highest BCUT2D eigenvalue weighted by atomic mass is 16.5.